The highest BCUT2D eigenvalue weighted by molar-refractivity contribution is 5.85. The van der Waals surface area contributed by atoms with Crippen molar-refractivity contribution in [1.29, 1.82) is 0 Å². The molecule has 0 radical (unpaired) electrons. The normalized spacial score (nSPS) is 12.5. The monoisotopic (exact) mass is 645 g/mol. The van der Waals surface area contributed by atoms with Gasteiger partial charge in [0.15, 0.2) is 0 Å². The second kappa shape index (κ2) is 35.1. The molecule has 0 aromatic carbocycles. The van der Waals surface area contributed by atoms with Gasteiger partial charge in [0, 0.05) is 6.42 Å². The van der Waals surface area contributed by atoms with Crippen LogP contribution in [0.3, 0.4) is 0 Å². The van der Waals surface area contributed by atoms with E-state index in [4.69, 9.17) is 4.74 Å². The standard InChI is InChI=1S/C38H76N2O3.ClH/c1-5-8-10-12-14-16-18-20-21-22-23-25-27-29-31-33-36(41)39-40-38(4,34-7-3)37(42)43-35-32-30-28-26-24-19-17-15-13-11-9-6-2;/h40H,5-35H2,1-4H3,(H,39,41);1H. The number of ether oxygens (including phenoxy) is 1. The fourth-order valence-electron chi connectivity index (χ4n) is 5.91. The molecule has 5 nitrogen and oxygen atoms in total. The SMILES string of the molecule is CCCCCCCCCCCCCCCCCC(=O)NNC(C)(CCC)C(=O)OCCCCCCCCCCCCCC.Cl. The van der Waals surface area contributed by atoms with Gasteiger partial charge in [-0.3, -0.25) is 10.2 Å². The number of amides is 1. The molecule has 0 fully saturated rings. The summed E-state index contributed by atoms with van der Waals surface area (Å²) in [5.41, 5.74) is 4.94. The molecule has 2 N–H and O–H groups in total. The summed E-state index contributed by atoms with van der Waals surface area (Å²) in [5.74, 6) is -0.296. The fourth-order valence-corrected chi connectivity index (χ4v) is 5.91. The molecule has 264 valence electrons. The zero-order valence-electron chi connectivity index (χ0n) is 30.1. The minimum atomic E-state index is -0.878. The molecular formula is C38H77ClN2O3. The molecule has 0 aromatic heterocycles. The summed E-state index contributed by atoms with van der Waals surface area (Å²) in [6.45, 7) is 8.90. The van der Waals surface area contributed by atoms with Crippen molar-refractivity contribution in [3.63, 3.8) is 0 Å². The zero-order valence-corrected chi connectivity index (χ0v) is 30.9. The zero-order chi connectivity index (χ0) is 31.7. The van der Waals surface area contributed by atoms with E-state index in [1.807, 2.05) is 6.92 Å². The number of halogens is 1. The van der Waals surface area contributed by atoms with E-state index in [1.54, 1.807) is 0 Å². The van der Waals surface area contributed by atoms with Crippen LogP contribution in [-0.4, -0.2) is 24.0 Å². The minimum Gasteiger partial charge on any atom is -0.464 e. The fraction of sp³-hybridized carbons (Fsp3) is 0.947. The molecule has 0 aliphatic heterocycles. The van der Waals surface area contributed by atoms with Crippen molar-refractivity contribution in [1.82, 2.24) is 10.9 Å². The minimum absolute atomic E-state index is 0. The Morgan fingerprint density at radius 2 is 0.841 bits per heavy atom. The number of hydrogen-bond donors (Lipinski definition) is 2. The van der Waals surface area contributed by atoms with Crippen molar-refractivity contribution in [2.24, 2.45) is 0 Å². The molecule has 0 spiro atoms. The molecule has 6 heteroatoms. The highest BCUT2D eigenvalue weighted by Gasteiger charge is 2.34. The van der Waals surface area contributed by atoms with Crippen LogP contribution >= 0.6 is 12.4 Å². The van der Waals surface area contributed by atoms with Crippen LogP contribution < -0.4 is 10.9 Å². The predicted octanol–water partition coefficient (Wildman–Crippen LogP) is 12.1. The molecule has 0 aromatic rings. The van der Waals surface area contributed by atoms with Crippen LogP contribution in [0, 0.1) is 0 Å². The predicted molar refractivity (Wildman–Crippen MR) is 193 cm³/mol. The number of hydrazine groups is 1. The maximum Gasteiger partial charge on any atom is 0.327 e. The third-order valence-electron chi connectivity index (χ3n) is 8.92. The van der Waals surface area contributed by atoms with Crippen LogP contribution in [0.5, 0.6) is 0 Å². The van der Waals surface area contributed by atoms with Crippen molar-refractivity contribution >= 4 is 24.3 Å². The van der Waals surface area contributed by atoms with Gasteiger partial charge in [-0.25, -0.2) is 10.2 Å². The van der Waals surface area contributed by atoms with Gasteiger partial charge in [-0.2, -0.15) is 0 Å². The van der Waals surface area contributed by atoms with E-state index >= 15 is 0 Å². The van der Waals surface area contributed by atoms with Crippen molar-refractivity contribution in [2.75, 3.05) is 6.61 Å². The summed E-state index contributed by atoms with van der Waals surface area (Å²) in [5, 5.41) is 0. The molecule has 0 rings (SSSR count). The molecule has 1 amide bonds. The second-order valence-electron chi connectivity index (χ2n) is 13.5. The van der Waals surface area contributed by atoms with Crippen LogP contribution in [0.2, 0.25) is 0 Å². The van der Waals surface area contributed by atoms with Crippen LogP contribution in [-0.2, 0) is 14.3 Å². The summed E-state index contributed by atoms with van der Waals surface area (Å²) >= 11 is 0. The summed E-state index contributed by atoms with van der Waals surface area (Å²) in [4.78, 5) is 25.3. The molecule has 0 aliphatic carbocycles. The van der Waals surface area contributed by atoms with E-state index in [9.17, 15) is 9.59 Å². The second-order valence-corrected chi connectivity index (χ2v) is 13.5. The van der Waals surface area contributed by atoms with Crippen molar-refractivity contribution in [2.45, 2.75) is 226 Å². The maximum atomic E-state index is 12.8. The topological polar surface area (TPSA) is 67.4 Å². The van der Waals surface area contributed by atoms with Gasteiger partial charge in [-0.1, -0.05) is 188 Å². The average Bonchev–Trinajstić information content (AvgIpc) is 3.00. The third kappa shape index (κ3) is 29.9. The number of unbranched alkanes of at least 4 members (excludes halogenated alkanes) is 25. The molecule has 0 aliphatic rings. The molecule has 1 unspecified atom stereocenters. The molecule has 0 bridgehead atoms. The molecular weight excluding hydrogens is 568 g/mol. The quantitative estimate of drug-likeness (QED) is 0.0415. The van der Waals surface area contributed by atoms with Crippen molar-refractivity contribution in [3.05, 3.63) is 0 Å². The Morgan fingerprint density at radius 3 is 1.20 bits per heavy atom. The number of carbonyl (C=O) groups excluding carboxylic acids is 2. The van der Waals surface area contributed by atoms with E-state index < -0.39 is 5.54 Å². The lowest BCUT2D eigenvalue weighted by molar-refractivity contribution is -0.152. The number of hydrogen-bond acceptors (Lipinski definition) is 4. The molecule has 0 saturated carbocycles. The van der Waals surface area contributed by atoms with Crippen LogP contribution in [0.25, 0.3) is 0 Å². The summed E-state index contributed by atoms with van der Waals surface area (Å²) < 4.78 is 5.62. The Kier molecular flexibility index (Phi) is 36.1. The first-order chi connectivity index (χ1) is 21.0. The van der Waals surface area contributed by atoms with E-state index in [2.05, 4.69) is 31.6 Å². The Morgan fingerprint density at radius 1 is 0.500 bits per heavy atom. The van der Waals surface area contributed by atoms with Gasteiger partial charge < -0.3 is 4.74 Å². The van der Waals surface area contributed by atoms with E-state index in [0.717, 1.165) is 32.1 Å². The first-order valence-electron chi connectivity index (χ1n) is 19.2. The van der Waals surface area contributed by atoms with Gasteiger partial charge >= 0.3 is 5.97 Å². The van der Waals surface area contributed by atoms with Gasteiger partial charge in [0.2, 0.25) is 5.91 Å². The Hall–Kier alpha value is -0.810. The molecule has 44 heavy (non-hydrogen) atoms. The van der Waals surface area contributed by atoms with Gasteiger partial charge in [0.05, 0.1) is 6.61 Å². The van der Waals surface area contributed by atoms with Crippen LogP contribution in [0.1, 0.15) is 220 Å². The van der Waals surface area contributed by atoms with Gasteiger partial charge in [0.1, 0.15) is 5.54 Å². The summed E-state index contributed by atoms with van der Waals surface area (Å²) in [6.07, 6.45) is 37.2. The van der Waals surface area contributed by atoms with Crippen LogP contribution in [0.4, 0.5) is 0 Å². The molecule has 0 saturated heterocycles. The summed E-state index contributed by atoms with van der Waals surface area (Å²) in [6, 6.07) is 0. The molecule has 1 atom stereocenters. The average molecular weight is 645 g/mol. The van der Waals surface area contributed by atoms with Gasteiger partial charge in [-0.05, 0) is 26.2 Å². The maximum absolute atomic E-state index is 12.8. The summed E-state index contributed by atoms with van der Waals surface area (Å²) in [7, 11) is 0. The lowest BCUT2D eigenvalue weighted by atomic mass is 9.97. The smallest absolute Gasteiger partial charge is 0.327 e. The Labute approximate surface area is 281 Å². The first-order valence-corrected chi connectivity index (χ1v) is 19.2. The third-order valence-corrected chi connectivity index (χ3v) is 8.92. The van der Waals surface area contributed by atoms with E-state index in [1.165, 1.54) is 148 Å². The molecule has 0 heterocycles. The van der Waals surface area contributed by atoms with Gasteiger partial charge in [0.25, 0.3) is 0 Å². The van der Waals surface area contributed by atoms with E-state index in [-0.39, 0.29) is 24.3 Å². The Bertz CT molecular complexity index is 619. The number of esters is 1. The van der Waals surface area contributed by atoms with Crippen molar-refractivity contribution in [3.8, 4) is 0 Å². The van der Waals surface area contributed by atoms with Gasteiger partial charge in [-0.15, -0.1) is 12.4 Å². The number of rotatable bonds is 34. The number of nitrogens with one attached hydrogen (secondary N) is 2. The first kappa shape index (κ1) is 45.3. The Balaban J connectivity index is 0. The highest BCUT2D eigenvalue weighted by atomic mass is 35.5. The highest BCUT2D eigenvalue weighted by Crippen LogP contribution is 2.17. The van der Waals surface area contributed by atoms with E-state index in [0.29, 0.717) is 19.4 Å². The van der Waals surface area contributed by atoms with Crippen LogP contribution in [0.15, 0.2) is 0 Å². The lowest BCUT2D eigenvalue weighted by Crippen LogP contribution is -2.57. The van der Waals surface area contributed by atoms with Crippen molar-refractivity contribution < 1.29 is 14.3 Å². The lowest BCUT2D eigenvalue weighted by Gasteiger charge is -2.28. The largest absolute Gasteiger partial charge is 0.464 e. The number of carbonyl (C=O) groups is 2.